The summed E-state index contributed by atoms with van der Waals surface area (Å²) in [5.74, 6) is -0.143. The molecule has 2 fully saturated rings. The molecule has 2 aliphatic heterocycles. The minimum absolute atomic E-state index is 0.0124. The summed E-state index contributed by atoms with van der Waals surface area (Å²) in [7, 11) is -2.08. The number of hydrogen-bond acceptors (Lipinski definition) is 8. The van der Waals surface area contributed by atoms with Crippen molar-refractivity contribution in [3.8, 4) is 11.3 Å². The van der Waals surface area contributed by atoms with Gasteiger partial charge in [0, 0.05) is 77.2 Å². The van der Waals surface area contributed by atoms with E-state index in [1.807, 2.05) is 34.8 Å². The maximum absolute atomic E-state index is 13.4. The van der Waals surface area contributed by atoms with E-state index in [1.165, 1.54) is 4.31 Å². The van der Waals surface area contributed by atoms with Crippen LogP contribution in [0.3, 0.4) is 0 Å². The van der Waals surface area contributed by atoms with Crippen molar-refractivity contribution in [2.24, 2.45) is 7.05 Å². The second-order valence-electron chi connectivity index (χ2n) is 7.77. The second-order valence-corrected chi connectivity index (χ2v) is 10.0. The fraction of sp³-hybridized carbons (Fsp3) is 0.526. The molecule has 0 aliphatic carbocycles. The minimum Gasteiger partial charge on any atom is -0.381 e. The molecule has 4 rings (SSSR count). The van der Waals surface area contributed by atoms with E-state index < -0.39 is 20.7 Å². The van der Waals surface area contributed by atoms with Crippen LogP contribution in [0.2, 0.25) is 0 Å². The molecule has 2 aliphatic rings. The number of hydroxylamine groups is 1. The average molecular weight is 451 g/mol. The number of piperazine rings is 1. The summed E-state index contributed by atoms with van der Waals surface area (Å²) in [4.78, 5) is 23.2. The van der Waals surface area contributed by atoms with E-state index in [4.69, 9.17) is 9.94 Å². The predicted octanol–water partition coefficient (Wildman–Crippen LogP) is -0.0115. The molecule has 1 amide bonds. The molecule has 4 heterocycles. The number of aryl methyl sites for hydroxylation is 1. The monoisotopic (exact) mass is 450 g/mol. The van der Waals surface area contributed by atoms with Crippen molar-refractivity contribution in [3.05, 3.63) is 30.9 Å². The number of imidazole rings is 1. The van der Waals surface area contributed by atoms with Crippen molar-refractivity contribution in [3.63, 3.8) is 0 Å². The summed E-state index contributed by atoms with van der Waals surface area (Å²) in [6.45, 7) is 1.66. The summed E-state index contributed by atoms with van der Waals surface area (Å²) in [5.41, 5.74) is 3.29. The Balaban J connectivity index is 1.46. The lowest BCUT2D eigenvalue weighted by atomic mass is 9.98. The van der Waals surface area contributed by atoms with Crippen LogP contribution in [0.1, 0.15) is 12.8 Å². The van der Waals surface area contributed by atoms with Gasteiger partial charge in [-0.1, -0.05) is 0 Å². The number of carbonyl (C=O) groups is 1. The van der Waals surface area contributed by atoms with E-state index in [0.29, 0.717) is 13.1 Å². The summed E-state index contributed by atoms with van der Waals surface area (Å²) < 4.78 is 33.5. The SMILES string of the molecule is Cn1cnc(-c2ccc(N3CCN(S(=O)(=O)C4(C(=O)NO)CCOCC4)CC3)nc2)c1. The second kappa shape index (κ2) is 8.54. The first-order valence-corrected chi connectivity index (χ1v) is 11.5. The van der Waals surface area contributed by atoms with Gasteiger partial charge < -0.3 is 14.2 Å². The maximum atomic E-state index is 13.4. The third kappa shape index (κ3) is 3.91. The molecule has 2 aromatic heterocycles. The molecular weight excluding hydrogens is 424 g/mol. The molecule has 31 heavy (non-hydrogen) atoms. The van der Waals surface area contributed by atoms with Gasteiger partial charge in [-0.15, -0.1) is 0 Å². The number of nitrogens with zero attached hydrogens (tertiary/aromatic N) is 5. The van der Waals surface area contributed by atoms with Crippen molar-refractivity contribution >= 4 is 21.7 Å². The highest BCUT2D eigenvalue weighted by Gasteiger charge is 2.54. The van der Waals surface area contributed by atoms with Crippen molar-refractivity contribution in [2.45, 2.75) is 17.6 Å². The van der Waals surface area contributed by atoms with Gasteiger partial charge in [0.1, 0.15) is 5.82 Å². The largest absolute Gasteiger partial charge is 0.381 e. The van der Waals surface area contributed by atoms with Gasteiger partial charge in [0.2, 0.25) is 10.0 Å². The molecule has 0 spiro atoms. The molecule has 0 bridgehead atoms. The Morgan fingerprint density at radius 1 is 1.16 bits per heavy atom. The van der Waals surface area contributed by atoms with Crippen LogP contribution < -0.4 is 10.4 Å². The van der Waals surface area contributed by atoms with Crippen molar-refractivity contribution in [1.29, 1.82) is 0 Å². The highest BCUT2D eigenvalue weighted by atomic mass is 32.2. The Hall–Kier alpha value is -2.54. The number of amides is 1. The first-order chi connectivity index (χ1) is 14.9. The fourth-order valence-corrected chi connectivity index (χ4v) is 6.20. The van der Waals surface area contributed by atoms with Gasteiger partial charge >= 0.3 is 0 Å². The van der Waals surface area contributed by atoms with Crippen LogP contribution in [0.4, 0.5) is 5.82 Å². The lowest BCUT2D eigenvalue weighted by Crippen LogP contribution is -2.62. The van der Waals surface area contributed by atoms with E-state index in [0.717, 1.165) is 17.1 Å². The van der Waals surface area contributed by atoms with Crippen LogP contribution in [0.5, 0.6) is 0 Å². The number of pyridine rings is 1. The number of rotatable bonds is 5. The number of sulfonamides is 1. The predicted molar refractivity (Wildman–Crippen MR) is 112 cm³/mol. The molecule has 0 radical (unpaired) electrons. The molecule has 0 saturated carbocycles. The van der Waals surface area contributed by atoms with Crippen molar-refractivity contribution in [2.75, 3.05) is 44.3 Å². The van der Waals surface area contributed by atoms with Crippen molar-refractivity contribution < 1.29 is 23.2 Å². The van der Waals surface area contributed by atoms with Crippen LogP contribution in [0.15, 0.2) is 30.9 Å². The molecule has 168 valence electrons. The summed E-state index contributed by atoms with van der Waals surface area (Å²) >= 11 is 0. The van der Waals surface area contributed by atoms with Gasteiger partial charge in [0.15, 0.2) is 4.75 Å². The molecule has 2 saturated heterocycles. The van der Waals surface area contributed by atoms with Crippen molar-refractivity contribution in [1.82, 2.24) is 24.3 Å². The number of hydrogen-bond donors (Lipinski definition) is 2. The summed E-state index contributed by atoms with van der Waals surface area (Å²) in [6, 6.07) is 3.84. The van der Waals surface area contributed by atoms with Gasteiger partial charge in [0.05, 0.1) is 12.0 Å². The molecule has 2 N–H and O–H groups in total. The summed E-state index contributed by atoms with van der Waals surface area (Å²) in [5, 5.41) is 9.17. The zero-order valence-corrected chi connectivity index (χ0v) is 18.1. The normalized spacial score (nSPS) is 19.9. The third-order valence-corrected chi connectivity index (χ3v) is 8.59. The molecule has 0 unspecified atom stereocenters. The van der Waals surface area contributed by atoms with Crippen LogP contribution in [-0.2, 0) is 26.6 Å². The van der Waals surface area contributed by atoms with Gasteiger partial charge in [0.25, 0.3) is 5.91 Å². The first-order valence-electron chi connectivity index (χ1n) is 10.1. The van der Waals surface area contributed by atoms with E-state index in [1.54, 1.807) is 18.0 Å². The smallest absolute Gasteiger partial charge is 0.266 e. The van der Waals surface area contributed by atoms with Crippen LogP contribution in [-0.4, -0.2) is 82.5 Å². The Morgan fingerprint density at radius 3 is 2.42 bits per heavy atom. The lowest BCUT2D eigenvalue weighted by molar-refractivity contribution is -0.134. The Kier molecular flexibility index (Phi) is 5.97. The number of aromatic nitrogens is 3. The van der Waals surface area contributed by atoms with E-state index in [9.17, 15) is 13.2 Å². The van der Waals surface area contributed by atoms with Crippen LogP contribution >= 0.6 is 0 Å². The Bertz CT molecular complexity index is 1020. The maximum Gasteiger partial charge on any atom is 0.266 e. The molecule has 12 heteroatoms. The Labute approximate surface area is 180 Å². The minimum atomic E-state index is -3.98. The fourth-order valence-electron chi connectivity index (χ4n) is 4.10. The summed E-state index contributed by atoms with van der Waals surface area (Å²) in [6.07, 6.45) is 5.42. The average Bonchev–Trinajstić information content (AvgIpc) is 3.25. The molecule has 0 aromatic carbocycles. The number of anilines is 1. The van der Waals surface area contributed by atoms with Gasteiger partial charge in [-0.3, -0.25) is 10.0 Å². The van der Waals surface area contributed by atoms with E-state index in [2.05, 4.69) is 9.97 Å². The van der Waals surface area contributed by atoms with Gasteiger partial charge in [-0.2, -0.15) is 4.31 Å². The van der Waals surface area contributed by atoms with E-state index >= 15 is 0 Å². The Morgan fingerprint density at radius 2 is 1.87 bits per heavy atom. The number of carbonyl (C=O) groups excluding carboxylic acids is 1. The highest BCUT2D eigenvalue weighted by Crippen LogP contribution is 2.33. The topological polar surface area (TPSA) is 130 Å². The molecule has 2 aromatic rings. The lowest BCUT2D eigenvalue weighted by Gasteiger charge is -2.41. The highest BCUT2D eigenvalue weighted by molar-refractivity contribution is 7.91. The standard InChI is InChI=1S/C19H26N6O5S/c1-23-13-16(21-14-23)15-2-3-17(20-12-15)24-6-8-25(9-7-24)31(28,29)19(18(26)22-27)4-10-30-11-5-19/h2-3,12-14,27H,4-11H2,1H3,(H,22,26). The molecule has 0 atom stereocenters. The third-order valence-electron chi connectivity index (χ3n) is 5.96. The zero-order valence-electron chi connectivity index (χ0n) is 17.3. The van der Waals surface area contributed by atoms with Gasteiger partial charge in [-0.25, -0.2) is 23.9 Å². The number of ether oxygens (including phenoxy) is 1. The zero-order chi connectivity index (χ0) is 22.1. The quantitative estimate of drug-likeness (QED) is 0.481. The van der Waals surface area contributed by atoms with E-state index in [-0.39, 0.29) is 39.1 Å². The number of nitrogens with one attached hydrogen (secondary N) is 1. The molecular formula is C19H26N6O5S. The van der Waals surface area contributed by atoms with Crippen LogP contribution in [0, 0.1) is 0 Å². The first kappa shape index (κ1) is 21.7. The van der Waals surface area contributed by atoms with Crippen LogP contribution in [0.25, 0.3) is 11.3 Å². The van der Waals surface area contributed by atoms with Gasteiger partial charge in [-0.05, 0) is 12.1 Å². The molecule has 11 nitrogen and oxygen atoms in total.